The van der Waals surface area contributed by atoms with E-state index in [1.807, 2.05) is 36.1 Å². The minimum absolute atomic E-state index is 0.0738. The molecule has 2 heterocycles. The molecule has 2 amide bonds. The highest BCUT2D eigenvalue weighted by atomic mass is 35.5. The van der Waals surface area contributed by atoms with Crippen molar-refractivity contribution in [1.82, 2.24) is 10.2 Å². The normalized spacial score (nSPS) is 14.5. The predicted octanol–water partition coefficient (Wildman–Crippen LogP) is 3.28. The third kappa shape index (κ3) is 4.02. The number of ether oxygens (including phenoxy) is 1. The van der Waals surface area contributed by atoms with Crippen LogP contribution < -0.4 is 15.0 Å². The number of hydrogen-bond donors (Lipinski definition) is 1. The zero-order valence-corrected chi connectivity index (χ0v) is 15.2. The lowest BCUT2D eigenvalue weighted by Gasteiger charge is -2.36. The molecule has 7 heteroatoms. The fourth-order valence-electron chi connectivity index (χ4n) is 2.90. The number of carbonyl (C=O) groups is 1. The van der Waals surface area contributed by atoms with Crippen LogP contribution >= 0.6 is 11.6 Å². The number of amides is 2. The molecule has 25 heavy (non-hydrogen) atoms. The molecule has 0 saturated carbocycles. The SMILES string of the molecule is COc1cc(Cl)c(C)cc1N1CCN(C(=O)NCc2ccco2)CC1. The van der Waals surface area contributed by atoms with Crippen LogP contribution in [0, 0.1) is 6.92 Å². The highest BCUT2D eigenvalue weighted by molar-refractivity contribution is 6.31. The van der Waals surface area contributed by atoms with Crippen molar-refractivity contribution in [2.75, 3.05) is 38.2 Å². The average molecular weight is 364 g/mol. The summed E-state index contributed by atoms with van der Waals surface area (Å²) < 4.78 is 10.7. The Hall–Kier alpha value is -2.34. The number of piperazine rings is 1. The van der Waals surface area contributed by atoms with Gasteiger partial charge in [0.1, 0.15) is 11.5 Å². The monoisotopic (exact) mass is 363 g/mol. The summed E-state index contributed by atoms with van der Waals surface area (Å²) in [5.74, 6) is 1.50. The van der Waals surface area contributed by atoms with E-state index in [-0.39, 0.29) is 6.03 Å². The van der Waals surface area contributed by atoms with E-state index in [4.69, 9.17) is 20.8 Å². The summed E-state index contributed by atoms with van der Waals surface area (Å²) in [7, 11) is 1.64. The smallest absolute Gasteiger partial charge is 0.317 e. The molecule has 3 rings (SSSR count). The second-order valence-corrected chi connectivity index (χ2v) is 6.39. The lowest BCUT2D eigenvalue weighted by molar-refractivity contribution is 0.193. The summed E-state index contributed by atoms with van der Waals surface area (Å²) in [5.41, 5.74) is 2.02. The first-order valence-corrected chi connectivity index (χ1v) is 8.60. The van der Waals surface area contributed by atoms with Crippen LogP contribution in [0.15, 0.2) is 34.9 Å². The van der Waals surface area contributed by atoms with Crippen molar-refractivity contribution in [3.63, 3.8) is 0 Å². The van der Waals surface area contributed by atoms with Gasteiger partial charge in [-0.25, -0.2) is 4.79 Å². The van der Waals surface area contributed by atoms with E-state index in [0.717, 1.165) is 35.9 Å². The molecule has 0 atom stereocenters. The largest absolute Gasteiger partial charge is 0.495 e. The number of urea groups is 1. The van der Waals surface area contributed by atoms with Gasteiger partial charge >= 0.3 is 6.03 Å². The van der Waals surface area contributed by atoms with Crippen molar-refractivity contribution in [1.29, 1.82) is 0 Å². The van der Waals surface area contributed by atoms with E-state index in [9.17, 15) is 4.79 Å². The number of halogens is 1. The van der Waals surface area contributed by atoms with Crippen LogP contribution in [-0.2, 0) is 6.54 Å². The maximum absolute atomic E-state index is 12.3. The number of hydrogen-bond acceptors (Lipinski definition) is 4. The van der Waals surface area contributed by atoms with Gasteiger partial charge in [-0.1, -0.05) is 11.6 Å². The van der Waals surface area contributed by atoms with Gasteiger partial charge in [-0.15, -0.1) is 0 Å². The third-order valence-corrected chi connectivity index (χ3v) is 4.77. The van der Waals surface area contributed by atoms with Gasteiger partial charge < -0.3 is 24.3 Å². The number of furan rings is 1. The lowest BCUT2D eigenvalue weighted by atomic mass is 10.1. The number of nitrogens with zero attached hydrogens (tertiary/aromatic N) is 2. The fourth-order valence-corrected chi connectivity index (χ4v) is 3.05. The van der Waals surface area contributed by atoms with Crippen LogP contribution in [0.2, 0.25) is 5.02 Å². The van der Waals surface area contributed by atoms with E-state index in [1.54, 1.807) is 13.4 Å². The highest BCUT2D eigenvalue weighted by Crippen LogP contribution is 2.34. The van der Waals surface area contributed by atoms with Crippen molar-refractivity contribution in [3.05, 3.63) is 46.9 Å². The number of aryl methyl sites for hydroxylation is 1. The lowest BCUT2D eigenvalue weighted by Crippen LogP contribution is -2.51. The van der Waals surface area contributed by atoms with E-state index in [1.165, 1.54) is 0 Å². The van der Waals surface area contributed by atoms with Crippen molar-refractivity contribution >= 4 is 23.3 Å². The van der Waals surface area contributed by atoms with Crippen LogP contribution in [0.3, 0.4) is 0 Å². The first-order chi connectivity index (χ1) is 12.1. The number of rotatable bonds is 4. The third-order valence-electron chi connectivity index (χ3n) is 4.36. The second-order valence-electron chi connectivity index (χ2n) is 5.99. The molecule has 0 unspecified atom stereocenters. The maximum Gasteiger partial charge on any atom is 0.317 e. The summed E-state index contributed by atoms with van der Waals surface area (Å²) in [4.78, 5) is 16.3. The van der Waals surface area contributed by atoms with Gasteiger partial charge in [-0.3, -0.25) is 0 Å². The molecule has 1 aromatic heterocycles. The molecule has 6 nitrogen and oxygen atoms in total. The second kappa shape index (κ2) is 7.70. The number of methoxy groups -OCH3 is 1. The first-order valence-electron chi connectivity index (χ1n) is 8.22. The number of carbonyl (C=O) groups excluding carboxylic acids is 1. The zero-order chi connectivity index (χ0) is 17.8. The molecule has 1 aliphatic rings. The Kier molecular flexibility index (Phi) is 5.38. The van der Waals surface area contributed by atoms with Crippen LogP contribution in [0.25, 0.3) is 0 Å². The average Bonchev–Trinajstić information content (AvgIpc) is 3.15. The van der Waals surface area contributed by atoms with E-state index < -0.39 is 0 Å². The van der Waals surface area contributed by atoms with Crippen LogP contribution in [0.1, 0.15) is 11.3 Å². The molecule has 0 bridgehead atoms. The minimum atomic E-state index is -0.0738. The van der Waals surface area contributed by atoms with Gasteiger partial charge in [0.2, 0.25) is 0 Å². The molecule has 2 aromatic rings. The minimum Gasteiger partial charge on any atom is -0.495 e. The molecule has 1 saturated heterocycles. The van der Waals surface area contributed by atoms with Crippen LogP contribution in [0.5, 0.6) is 5.75 Å². The van der Waals surface area contributed by atoms with Crippen molar-refractivity contribution < 1.29 is 13.9 Å². The van der Waals surface area contributed by atoms with Crippen molar-refractivity contribution in [3.8, 4) is 5.75 Å². The standard InChI is InChI=1S/C18H22ClN3O3/c1-13-10-16(17(24-2)11-15(13)19)21-5-7-22(8-6-21)18(23)20-12-14-4-3-9-25-14/h3-4,9-11H,5-8,12H2,1-2H3,(H,20,23). The predicted molar refractivity (Wildman–Crippen MR) is 97.5 cm³/mol. The Bertz CT molecular complexity index is 725. The Balaban J connectivity index is 1.58. The van der Waals surface area contributed by atoms with Gasteiger partial charge in [-0.05, 0) is 30.7 Å². The quantitative estimate of drug-likeness (QED) is 0.905. The van der Waals surface area contributed by atoms with Crippen LogP contribution in [0.4, 0.5) is 10.5 Å². The molecule has 0 radical (unpaired) electrons. The van der Waals surface area contributed by atoms with Crippen molar-refractivity contribution in [2.45, 2.75) is 13.5 Å². The molecule has 1 aromatic carbocycles. The fraction of sp³-hybridized carbons (Fsp3) is 0.389. The van der Waals surface area contributed by atoms with Gasteiger partial charge in [-0.2, -0.15) is 0 Å². The van der Waals surface area contributed by atoms with Gasteiger partial charge in [0.05, 0.1) is 25.6 Å². The van der Waals surface area contributed by atoms with Gasteiger partial charge in [0.25, 0.3) is 0 Å². The summed E-state index contributed by atoms with van der Waals surface area (Å²) >= 11 is 6.18. The van der Waals surface area contributed by atoms with Gasteiger partial charge in [0.15, 0.2) is 0 Å². The Labute approximate surface area is 152 Å². The molecular formula is C18H22ClN3O3. The summed E-state index contributed by atoms with van der Waals surface area (Å²) in [6, 6.07) is 7.45. The van der Waals surface area contributed by atoms with Gasteiger partial charge in [0, 0.05) is 37.3 Å². The first kappa shape index (κ1) is 17.5. The molecular weight excluding hydrogens is 342 g/mol. The number of anilines is 1. The molecule has 1 N–H and O–H groups in total. The summed E-state index contributed by atoms with van der Waals surface area (Å²) in [6.07, 6.45) is 1.60. The van der Waals surface area contributed by atoms with Crippen molar-refractivity contribution in [2.24, 2.45) is 0 Å². The molecule has 1 fully saturated rings. The van der Waals surface area contributed by atoms with E-state index >= 15 is 0 Å². The molecule has 0 spiro atoms. The Morgan fingerprint density at radius 3 is 2.72 bits per heavy atom. The summed E-state index contributed by atoms with van der Waals surface area (Å²) in [6.45, 7) is 5.15. The maximum atomic E-state index is 12.3. The molecule has 134 valence electrons. The molecule has 0 aliphatic carbocycles. The summed E-state index contributed by atoms with van der Waals surface area (Å²) in [5, 5.41) is 3.57. The topological polar surface area (TPSA) is 58.0 Å². The number of benzene rings is 1. The van der Waals surface area contributed by atoms with Crippen LogP contribution in [-0.4, -0.2) is 44.2 Å². The zero-order valence-electron chi connectivity index (χ0n) is 14.4. The molecule has 1 aliphatic heterocycles. The van der Waals surface area contributed by atoms with E-state index in [2.05, 4.69) is 10.2 Å². The van der Waals surface area contributed by atoms with E-state index in [0.29, 0.717) is 24.7 Å². The Morgan fingerprint density at radius 2 is 2.08 bits per heavy atom. The number of nitrogens with one attached hydrogen (secondary N) is 1. The highest BCUT2D eigenvalue weighted by Gasteiger charge is 2.23. The Morgan fingerprint density at radius 1 is 1.32 bits per heavy atom.